The molecule has 1 aliphatic heterocycles. The molecule has 4 rings (SSSR count). The first-order valence-electron chi connectivity index (χ1n) is 10.5. The zero-order valence-electron chi connectivity index (χ0n) is 18.0. The number of anilines is 1. The van der Waals surface area contributed by atoms with Crippen LogP contribution in [0.15, 0.2) is 65.5 Å². The Bertz CT molecular complexity index is 1010. The molecule has 0 saturated carbocycles. The van der Waals surface area contributed by atoms with Crippen LogP contribution in [-0.2, 0) is 24.3 Å². The monoisotopic (exact) mass is 481 g/mol. The zero-order chi connectivity index (χ0) is 21.8. The summed E-state index contributed by atoms with van der Waals surface area (Å²) in [5.74, 6) is 0.153. The lowest BCUT2D eigenvalue weighted by molar-refractivity contribution is -0.134. The smallest absolute Gasteiger partial charge is 0.237 e. The number of benzene rings is 2. The van der Waals surface area contributed by atoms with Crippen LogP contribution in [-0.4, -0.2) is 58.9 Å². The Kier molecular flexibility index (Phi) is 6.73. The van der Waals surface area contributed by atoms with Gasteiger partial charge in [-0.15, -0.1) is 0 Å². The number of fused-ring (bicyclic) bond motifs is 1. The highest BCUT2D eigenvalue weighted by molar-refractivity contribution is 9.10. The van der Waals surface area contributed by atoms with Crippen molar-refractivity contribution in [2.75, 3.05) is 32.1 Å². The van der Waals surface area contributed by atoms with Gasteiger partial charge in [0.15, 0.2) is 0 Å². The molecule has 0 spiro atoms. The highest BCUT2D eigenvalue weighted by atomic mass is 79.9. The predicted molar refractivity (Wildman–Crippen MR) is 127 cm³/mol. The van der Waals surface area contributed by atoms with Crippen LogP contribution in [0.2, 0.25) is 0 Å². The molecule has 3 aromatic rings. The third kappa shape index (κ3) is 5.35. The van der Waals surface area contributed by atoms with Crippen molar-refractivity contribution in [3.63, 3.8) is 0 Å². The van der Waals surface area contributed by atoms with Crippen LogP contribution in [0.5, 0.6) is 0 Å². The maximum Gasteiger partial charge on any atom is 0.237 e. The molecule has 1 atom stereocenters. The van der Waals surface area contributed by atoms with Crippen molar-refractivity contribution in [1.82, 2.24) is 19.8 Å². The number of rotatable bonds is 6. The second kappa shape index (κ2) is 9.66. The van der Waals surface area contributed by atoms with Gasteiger partial charge < -0.3 is 19.7 Å². The number of imidazole rings is 1. The van der Waals surface area contributed by atoms with Crippen LogP contribution in [0, 0.1) is 0 Å². The summed E-state index contributed by atoms with van der Waals surface area (Å²) in [6.45, 7) is 2.46. The standard InChI is InChI=1S/C24H28BrN5O/c1-28(2)16-24(31)30-13-19-11-20(25)8-9-23(19)29(14-21-12-26-17-27-21)15-22(30)10-18-6-4-3-5-7-18/h3-9,11-12,17,22H,10,13-16H2,1-2H3,(H,26,27). The Morgan fingerprint density at radius 3 is 2.74 bits per heavy atom. The van der Waals surface area contributed by atoms with Gasteiger partial charge in [-0.2, -0.15) is 0 Å². The fourth-order valence-corrected chi connectivity index (χ4v) is 4.60. The number of halogens is 1. The zero-order valence-corrected chi connectivity index (χ0v) is 19.5. The van der Waals surface area contributed by atoms with Gasteiger partial charge in [-0.1, -0.05) is 46.3 Å². The fraction of sp³-hybridized carbons (Fsp3) is 0.333. The number of H-pyrrole nitrogens is 1. The summed E-state index contributed by atoms with van der Waals surface area (Å²) in [5.41, 5.74) is 4.61. The van der Waals surface area contributed by atoms with E-state index in [1.165, 1.54) is 5.56 Å². The minimum atomic E-state index is 0.0592. The molecule has 1 N–H and O–H groups in total. The molecule has 1 unspecified atom stereocenters. The number of nitrogens with one attached hydrogen (secondary N) is 1. The summed E-state index contributed by atoms with van der Waals surface area (Å²) >= 11 is 3.62. The highest BCUT2D eigenvalue weighted by Gasteiger charge is 2.31. The number of hydrogen-bond acceptors (Lipinski definition) is 4. The number of carbonyl (C=O) groups excluding carboxylic acids is 1. The van der Waals surface area contributed by atoms with Gasteiger partial charge in [-0.25, -0.2) is 4.98 Å². The maximum absolute atomic E-state index is 13.3. The Hall–Kier alpha value is -2.64. The number of hydrogen-bond donors (Lipinski definition) is 1. The van der Waals surface area contributed by atoms with Crippen molar-refractivity contribution in [2.45, 2.75) is 25.6 Å². The van der Waals surface area contributed by atoms with Crippen LogP contribution in [0.4, 0.5) is 5.69 Å². The van der Waals surface area contributed by atoms with E-state index in [9.17, 15) is 4.79 Å². The average molecular weight is 482 g/mol. The number of carbonyl (C=O) groups is 1. The quantitative estimate of drug-likeness (QED) is 0.583. The van der Waals surface area contributed by atoms with Gasteiger partial charge in [-0.05, 0) is 49.8 Å². The molecule has 0 bridgehead atoms. The fourth-order valence-electron chi connectivity index (χ4n) is 4.19. The van der Waals surface area contributed by atoms with Crippen molar-refractivity contribution in [2.24, 2.45) is 0 Å². The van der Waals surface area contributed by atoms with Crippen LogP contribution >= 0.6 is 15.9 Å². The van der Waals surface area contributed by atoms with E-state index in [1.807, 2.05) is 31.3 Å². The van der Waals surface area contributed by atoms with Crippen LogP contribution in [0.25, 0.3) is 0 Å². The maximum atomic E-state index is 13.3. The van der Waals surface area contributed by atoms with Gasteiger partial charge in [0.05, 0.1) is 31.2 Å². The van der Waals surface area contributed by atoms with E-state index in [2.05, 4.69) is 78.2 Å². The Morgan fingerprint density at radius 1 is 1.23 bits per heavy atom. The van der Waals surface area contributed by atoms with E-state index in [0.717, 1.165) is 40.9 Å². The van der Waals surface area contributed by atoms with E-state index in [4.69, 9.17) is 0 Å². The number of aromatic nitrogens is 2. The molecule has 2 aromatic carbocycles. The Balaban J connectivity index is 1.72. The van der Waals surface area contributed by atoms with Crippen LogP contribution in [0.3, 0.4) is 0 Å². The molecule has 0 aliphatic carbocycles. The molecule has 31 heavy (non-hydrogen) atoms. The summed E-state index contributed by atoms with van der Waals surface area (Å²) in [7, 11) is 3.88. The summed E-state index contributed by atoms with van der Waals surface area (Å²) in [5, 5.41) is 0. The summed E-state index contributed by atoms with van der Waals surface area (Å²) in [6.07, 6.45) is 4.39. The van der Waals surface area contributed by atoms with Crippen molar-refractivity contribution in [3.8, 4) is 0 Å². The normalized spacial score (nSPS) is 16.3. The van der Waals surface area contributed by atoms with E-state index >= 15 is 0 Å². The Morgan fingerprint density at radius 2 is 2.03 bits per heavy atom. The van der Waals surface area contributed by atoms with Gasteiger partial charge in [-0.3, -0.25) is 4.79 Å². The first-order chi connectivity index (χ1) is 15.0. The third-order valence-corrected chi connectivity index (χ3v) is 6.09. The highest BCUT2D eigenvalue weighted by Crippen LogP contribution is 2.32. The topological polar surface area (TPSA) is 55.5 Å². The summed E-state index contributed by atoms with van der Waals surface area (Å²) < 4.78 is 1.02. The van der Waals surface area contributed by atoms with Gasteiger partial charge in [0, 0.05) is 29.4 Å². The summed E-state index contributed by atoms with van der Waals surface area (Å²) in [6, 6.07) is 16.9. The second-order valence-electron chi connectivity index (χ2n) is 8.33. The number of nitrogens with zero attached hydrogens (tertiary/aromatic N) is 4. The molecular weight excluding hydrogens is 454 g/mol. The molecule has 2 heterocycles. The third-order valence-electron chi connectivity index (χ3n) is 5.60. The van der Waals surface area contributed by atoms with Crippen LogP contribution in [0.1, 0.15) is 16.8 Å². The molecular formula is C24H28BrN5O. The van der Waals surface area contributed by atoms with Gasteiger partial charge >= 0.3 is 0 Å². The van der Waals surface area contributed by atoms with Gasteiger partial charge in [0.2, 0.25) is 5.91 Å². The van der Waals surface area contributed by atoms with Crippen molar-refractivity contribution < 1.29 is 4.79 Å². The molecule has 0 radical (unpaired) electrons. The number of aromatic amines is 1. The van der Waals surface area contributed by atoms with Crippen molar-refractivity contribution in [1.29, 1.82) is 0 Å². The molecule has 1 aliphatic rings. The molecule has 6 nitrogen and oxygen atoms in total. The first kappa shape index (κ1) is 21.6. The van der Waals surface area contributed by atoms with E-state index in [0.29, 0.717) is 13.1 Å². The van der Waals surface area contributed by atoms with Crippen molar-refractivity contribution in [3.05, 3.63) is 82.3 Å². The second-order valence-corrected chi connectivity index (χ2v) is 9.25. The molecule has 1 aromatic heterocycles. The molecule has 1 amide bonds. The van der Waals surface area contributed by atoms with Crippen molar-refractivity contribution >= 4 is 27.5 Å². The average Bonchev–Trinajstić information content (AvgIpc) is 3.19. The van der Waals surface area contributed by atoms with E-state index in [1.54, 1.807) is 6.33 Å². The predicted octanol–water partition coefficient (Wildman–Crippen LogP) is 3.69. The lowest BCUT2D eigenvalue weighted by Crippen LogP contribution is -2.48. The van der Waals surface area contributed by atoms with E-state index < -0.39 is 0 Å². The minimum absolute atomic E-state index is 0.0592. The molecule has 162 valence electrons. The molecule has 0 saturated heterocycles. The van der Waals surface area contributed by atoms with E-state index in [-0.39, 0.29) is 11.9 Å². The molecule has 0 fully saturated rings. The minimum Gasteiger partial charge on any atom is -0.363 e. The van der Waals surface area contributed by atoms with Crippen LogP contribution < -0.4 is 4.90 Å². The first-order valence-corrected chi connectivity index (χ1v) is 11.3. The molecule has 7 heteroatoms. The SMILES string of the molecule is CN(C)CC(=O)N1Cc2cc(Br)ccc2N(Cc2cnc[nH]2)CC1Cc1ccccc1. The Labute approximate surface area is 192 Å². The number of amides is 1. The van der Waals surface area contributed by atoms with Gasteiger partial charge in [0.1, 0.15) is 0 Å². The summed E-state index contributed by atoms with van der Waals surface area (Å²) in [4.78, 5) is 27.1. The number of likely N-dealkylation sites (N-methyl/N-ethyl adjacent to an activating group) is 1. The largest absolute Gasteiger partial charge is 0.363 e. The lowest BCUT2D eigenvalue weighted by atomic mass is 10.0. The lowest BCUT2D eigenvalue weighted by Gasteiger charge is -2.33. The van der Waals surface area contributed by atoms with Gasteiger partial charge in [0.25, 0.3) is 0 Å².